The molecule has 1 aliphatic heterocycles. The summed E-state index contributed by atoms with van der Waals surface area (Å²) in [5.74, 6) is 1.27. The van der Waals surface area contributed by atoms with Gasteiger partial charge < -0.3 is 9.15 Å². The highest BCUT2D eigenvalue weighted by Gasteiger charge is 2.27. The van der Waals surface area contributed by atoms with Gasteiger partial charge in [0.1, 0.15) is 5.76 Å². The molecule has 1 aromatic heterocycles. The molecule has 0 radical (unpaired) electrons. The fraction of sp³-hybridized carbons (Fsp3) is 0.474. The van der Waals surface area contributed by atoms with Gasteiger partial charge in [0, 0.05) is 23.7 Å². The van der Waals surface area contributed by atoms with Crippen LogP contribution in [0.1, 0.15) is 31.2 Å². The third-order valence-corrected chi connectivity index (χ3v) is 4.73. The molecular formula is C19H23ClN2O3. The zero-order chi connectivity index (χ0) is 17.8. The van der Waals surface area contributed by atoms with Gasteiger partial charge in [0.2, 0.25) is 5.89 Å². The summed E-state index contributed by atoms with van der Waals surface area (Å²) in [6, 6.07) is 7.44. The van der Waals surface area contributed by atoms with Crippen LogP contribution < -0.4 is 0 Å². The van der Waals surface area contributed by atoms with Gasteiger partial charge in [-0.05, 0) is 57.5 Å². The first kappa shape index (κ1) is 18.0. The van der Waals surface area contributed by atoms with Crippen LogP contribution in [0.15, 0.2) is 28.7 Å². The van der Waals surface area contributed by atoms with Crippen LogP contribution in [0, 0.1) is 12.8 Å². The van der Waals surface area contributed by atoms with E-state index in [9.17, 15) is 4.79 Å². The molecule has 0 spiro atoms. The predicted molar refractivity (Wildman–Crippen MR) is 96.3 cm³/mol. The summed E-state index contributed by atoms with van der Waals surface area (Å²) < 4.78 is 11.0. The SMILES string of the molecule is CCOC(=O)[C@H]1CCCN(Cc2nc(-c3ccc(Cl)cc3)oc2C)C1. The number of esters is 1. The summed E-state index contributed by atoms with van der Waals surface area (Å²) in [7, 11) is 0. The molecule has 3 rings (SSSR count). The number of nitrogens with zero attached hydrogens (tertiary/aromatic N) is 2. The molecule has 1 saturated heterocycles. The van der Waals surface area contributed by atoms with E-state index in [1.54, 1.807) is 0 Å². The van der Waals surface area contributed by atoms with Crippen LogP contribution in [0.25, 0.3) is 11.5 Å². The number of oxazole rings is 1. The van der Waals surface area contributed by atoms with E-state index >= 15 is 0 Å². The van der Waals surface area contributed by atoms with Gasteiger partial charge in [-0.15, -0.1) is 0 Å². The summed E-state index contributed by atoms with van der Waals surface area (Å²) in [6.45, 7) is 6.55. The lowest BCUT2D eigenvalue weighted by Crippen LogP contribution is -2.39. The van der Waals surface area contributed by atoms with Crippen LogP contribution in [0.2, 0.25) is 5.02 Å². The Morgan fingerprint density at radius 3 is 2.88 bits per heavy atom. The molecule has 134 valence electrons. The lowest BCUT2D eigenvalue weighted by molar-refractivity contribution is -0.150. The smallest absolute Gasteiger partial charge is 0.310 e. The van der Waals surface area contributed by atoms with Crippen LogP contribution in [-0.4, -0.2) is 35.5 Å². The first-order chi connectivity index (χ1) is 12.1. The van der Waals surface area contributed by atoms with E-state index in [2.05, 4.69) is 9.88 Å². The summed E-state index contributed by atoms with van der Waals surface area (Å²) in [5, 5.41) is 0.686. The average Bonchev–Trinajstić information content (AvgIpc) is 2.97. The van der Waals surface area contributed by atoms with Gasteiger partial charge in [0.25, 0.3) is 0 Å². The Kier molecular flexibility index (Phi) is 5.76. The van der Waals surface area contributed by atoms with Crippen molar-refractivity contribution in [2.24, 2.45) is 5.92 Å². The Hall–Kier alpha value is -1.85. The molecule has 5 nitrogen and oxygen atoms in total. The number of halogens is 1. The molecule has 2 heterocycles. The minimum atomic E-state index is -0.0917. The fourth-order valence-corrected chi connectivity index (χ4v) is 3.28. The van der Waals surface area contributed by atoms with Gasteiger partial charge in [0.15, 0.2) is 0 Å². The quantitative estimate of drug-likeness (QED) is 0.750. The summed E-state index contributed by atoms with van der Waals surface area (Å²) in [5.41, 5.74) is 1.82. The first-order valence-electron chi connectivity index (χ1n) is 8.68. The Labute approximate surface area is 152 Å². The number of benzene rings is 1. The van der Waals surface area contributed by atoms with Crippen LogP contribution in [-0.2, 0) is 16.1 Å². The number of likely N-dealkylation sites (tertiary alicyclic amines) is 1. The van der Waals surface area contributed by atoms with Crippen LogP contribution >= 0.6 is 11.6 Å². The van der Waals surface area contributed by atoms with E-state index in [0.717, 1.165) is 36.4 Å². The normalized spacial score (nSPS) is 18.3. The number of carbonyl (C=O) groups excluding carboxylic acids is 1. The van der Waals surface area contributed by atoms with Crippen molar-refractivity contribution in [3.63, 3.8) is 0 Å². The Morgan fingerprint density at radius 2 is 2.16 bits per heavy atom. The third kappa shape index (κ3) is 4.41. The van der Waals surface area contributed by atoms with E-state index in [-0.39, 0.29) is 11.9 Å². The molecule has 0 aliphatic carbocycles. The van der Waals surface area contributed by atoms with Crippen molar-refractivity contribution in [2.45, 2.75) is 33.2 Å². The zero-order valence-corrected chi connectivity index (χ0v) is 15.4. The molecule has 0 saturated carbocycles. The second kappa shape index (κ2) is 8.02. The number of carbonyl (C=O) groups is 1. The average molecular weight is 363 g/mol. The van der Waals surface area contributed by atoms with Crippen molar-refractivity contribution in [3.05, 3.63) is 40.7 Å². The van der Waals surface area contributed by atoms with E-state index in [4.69, 9.17) is 20.8 Å². The first-order valence-corrected chi connectivity index (χ1v) is 9.06. The summed E-state index contributed by atoms with van der Waals surface area (Å²) in [6.07, 6.45) is 1.88. The molecule has 0 unspecified atom stereocenters. The number of hydrogen-bond acceptors (Lipinski definition) is 5. The number of aromatic nitrogens is 1. The number of aryl methyl sites for hydroxylation is 1. The largest absolute Gasteiger partial charge is 0.466 e. The number of ether oxygens (including phenoxy) is 1. The van der Waals surface area contributed by atoms with Crippen molar-refractivity contribution in [1.29, 1.82) is 0 Å². The maximum Gasteiger partial charge on any atom is 0.310 e. The summed E-state index contributed by atoms with van der Waals surface area (Å²) in [4.78, 5) is 18.9. The van der Waals surface area contributed by atoms with Gasteiger partial charge in [0.05, 0.1) is 18.2 Å². The maximum atomic E-state index is 12.0. The van der Waals surface area contributed by atoms with E-state index in [1.165, 1.54) is 0 Å². The number of piperidine rings is 1. The Balaban J connectivity index is 1.68. The van der Waals surface area contributed by atoms with E-state index in [0.29, 0.717) is 30.6 Å². The van der Waals surface area contributed by atoms with Crippen LogP contribution in [0.4, 0.5) is 0 Å². The molecule has 2 aromatic rings. The van der Waals surface area contributed by atoms with Gasteiger partial charge in [-0.3, -0.25) is 9.69 Å². The minimum absolute atomic E-state index is 0.0448. The molecule has 0 N–H and O–H groups in total. The zero-order valence-electron chi connectivity index (χ0n) is 14.6. The topological polar surface area (TPSA) is 55.6 Å². The molecule has 1 aliphatic rings. The third-order valence-electron chi connectivity index (χ3n) is 4.48. The predicted octanol–water partition coefficient (Wildman–Crippen LogP) is 4.08. The molecule has 1 atom stereocenters. The lowest BCUT2D eigenvalue weighted by Gasteiger charge is -2.30. The second-order valence-electron chi connectivity index (χ2n) is 6.36. The van der Waals surface area contributed by atoms with Crippen LogP contribution in [0.3, 0.4) is 0 Å². The Morgan fingerprint density at radius 1 is 1.40 bits per heavy atom. The van der Waals surface area contributed by atoms with E-state index in [1.807, 2.05) is 38.1 Å². The van der Waals surface area contributed by atoms with Crippen molar-refractivity contribution < 1.29 is 13.9 Å². The number of rotatable bonds is 5. The minimum Gasteiger partial charge on any atom is -0.466 e. The molecule has 1 aromatic carbocycles. The van der Waals surface area contributed by atoms with Crippen molar-refractivity contribution in [3.8, 4) is 11.5 Å². The van der Waals surface area contributed by atoms with Crippen molar-refractivity contribution >= 4 is 17.6 Å². The number of hydrogen-bond donors (Lipinski definition) is 0. The van der Waals surface area contributed by atoms with Gasteiger partial charge in [-0.2, -0.15) is 0 Å². The molecule has 0 bridgehead atoms. The van der Waals surface area contributed by atoms with Gasteiger partial charge in [-0.1, -0.05) is 11.6 Å². The standard InChI is InChI=1S/C19H23ClN2O3/c1-3-24-19(23)15-5-4-10-22(11-15)12-17-13(2)25-18(21-17)14-6-8-16(20)9-7-14/h6-9,15H,3-5,10-12H2,1-2H3/t15-/m0/s1. The molecule has 25 heavy (non-hydrogen) atoms. The van der Waals surface area contributed by atoms with Crippen LogP contribution in [0.5, 0.6) is 0 Å². The van der Waals surface area contributed by atoms with Gasteiger partial charge >= 0.3 is 5.97 Å². The van der Waals surface area contributed by atoms with Crippen molar-refractivity contribution in [2.75, 3.05) is 19.7 Å². The highest BCUT2D eigenvalue weighted by Crippen LogP contribution is 2.25. The Bertz CT molecular complexity index is 727. The highest BCUT2D eigenvalue weighted by atomic mass is 35.5. The van der Waals surface area contributed by atoms with Gasteiger partial charge in [-0.25, -0.2) is 4.98 Å². The lowest BCUT2D eigenvalue weighted by atomic mass is 9.98. The molecule has 1 fully saturated rings. The monoisotopic (exact) mass is 362 g/mol. The second-order valence-corrected chi connectivity index (χ2v) is 6.79. The molecule has 6 heteroatoms. The summed E-state index contributed by atoms with van der Waals surface area (Å²) >= 11 is 5.93. The van der Waals surface area contributed by atoms with Crippen molar-refractivity contribution in [1.82, 2.24) is 9.88 Å². The van der Waals surface area contributed by atoms with E-state index < -0.39 is 0 Å². The molecular weight excluding hydrogens is 340 g/mol. The highest BCUT2D eigenvalue weighted by molar-refractivity contribution is 6.30. The molecule has 0 amide bonds. The fourth-order valence-electron chi connectivity index (χ4n) is 3.15. The maximum absolute atomic E-state index is 12.0.